The van der Waals surface area contributed by atoms with E-state index in [1.165, 1.54) is 37.4 Å². The first-order chi connectivity index (χ1) is 12.7. The second-order valence-electron chi connectivity index (χ2n) is 5.77. The number of hydrogen-bond donors (Lipinski definition) is 2. The van der Waals surface area contributed by atoms with Crippen molar-refractivity contribution in [3.8, 4) is 6.07 Å². The van der Waals surface area contributed by atoms with Crippen molar-refractivity contribution in [3.63, 3.8) is 0 Å². The number of carbonyl (C=O) groups is 2. The minimum Gasteiger partial charge on any atom is -0.272 e. The summed E-state index contributed by atoms with van der Waals surface area (Å²) < 4.78 is 25.8. The summed E-state index contributed by atoms with van der Waals surface area (Å²) in [6.45, 7) is 1.36. The molecule has 2 aromatic rings. The molecule has 0 saturated carbocycles. The van der Waals surface area contributed by atoms with E-state index in [0.29, 0.717) is 5.56 Å². The zero-order valence-corrected chi connectivity index (χ0v) is 15.6. The molecule has 0 aliphatic carbocycles. The Morgan fingerprint density at radius 1 is 1.11 bits per heavy atom. The van der Waals surface area contributed by atoms with Crippen LogP contribution in [0.25, 0.3) is 0 Å². The average Bonchev–Trinajstić information content (AvgIpc) is 2.66. The van der Waals surface area contributed by atoms with Crippen molar-refractivity contribution >= 4 is 21.8 Å². The molecule has 2 N–H and O–H groups in total. The van der Waals surface area contributed by atoms with E-state index in [-0.39, 0.29) is 10.5 Å². The molecule has 0 atom stereocenters. The van der Waals surface area contributed by atoms with Gasteiger partial charge in [0.2, 0.25) is 10.0 Å². The van der Waals surface area contributed by atoms with E-state index in [1.54, 1.807) is 18.2 Å². The highest BCUT2D eigenvalue weighted by molar-refractivity contribution is 7.89. The SMILES string of the molecule is Cc1ccc(S(=O)(=O)N(C)CC(=O)NNC(=O)c2cccc(C#N)c2)cc1. The van der Waals surface area contributed by atoms with Crippen molar-refractivity contribution in [2.75, 3.05) is 13.6 Å². The predicted molar refractivity (Wildman–Crippen MR) is 97.8 cm³/mol. The minimum atomic E-state index is -3.83. The standard InChI is InChI=1S/C18H18N4O4S/c1-13-6-8-16(9-7-13)27(25,26)22(2)12-17(23)20-21-18(24)15-5-3-4-14(10-15)11-19/h3-10H,12H2,1-2H3,(H,20,23)(H,21,24). The fourth-order valence-corrected chi connectivity index (χ4v) is 3.27. The van der Waals surface area contributed by atoms with Gasteiger partial charge in [-0.3, -0.25) is 20.4 Å². The third-order valence-corrected chi connectivity index (χ3v) is 5.48. The monoisotopic (exact) mass is 386 g/mol. The Morgan fingerprint density at radius 3 is 2.41 bits per heavy atom. The maximum absolute atomic E-state index is 12.4. The van der Waals surface area contributed by atoms with E-state index in [0.717, 1.165) is 9.87 Å². The highest BCUT2D eigenvalue weighted by atomic mass is 32.2. The highest BCUT2D eigenvalue weighted by Gasteiger charge is 2.23. The Balaban J connectivity index is 1.95. The molecule has 0 aliphatic heterocycles. The second kappa shape index (κ2) is 8.44. The van der Waals surface area contributed by atoms with Gasteiger partial charge in [0, 0.05) is 12.6 Å². The van der Waals surface area contributed by atoms with Crippen LogP contribution in [-0.4, -0.2) is 38.1 Å². The van der Waals surface area contributed by atoms with Gasteiger partial charge in [-0.2, -0.15) is 9.57 Å². The molecular formula is C18H18N4O4S. The zero-order chi connectivity index (χ0) is 20.0. The summed E-state index contributed by atoms with van der Waals surface area (Å²) >= 11 is 0. The van der Waals surface area contributed by atoms with Crippen molar-refractivity contribution < 1.29 is 18.0 Å². The molecule has 9 heteroatoms. The van der Waals surface area contributed by atoms with Gasteiger partial charge in [-0.25, -0.2) is 8.42 Å². The maximum Gasteiger partial charge on any atom is 0.269 e. The van der Waals surface area contributed by atoms with Crippen LogP contribution in [0.15, 0.2) is 53.4 Å². The molecule has 0 fully saturated rings. The van der Waals surface area contributed by atoms with Gasteiger partial charge < -0.3 is 0 Å². The second-order valence-corrected chi connectivity index (χ2v) is 7.81. The van der Waals surface area contributed by atoms with Gasteiger partial charge in [0.05, 0.1) is 23.1 Å². The maximum atomic E-state index is 12.4. The van der Waals surface area contributed by atoms with Crippen LogP contribution in [0.3, 0.4) is 0 Å². The minimum absolute atomic E-state index is 0.0701. The molecule has 0 aromatic heterocycles. The summed E-state index contributed by atoms with van der Waals surface area (Å²) in [6.07, 6.45) is 0. The molecule has 2 rings (SSSR count). The zero-order valence-electron chi connectivity index (χ0n) is 14.8. The fraction of sp³-hybridized carbons (Fsp3) is 0.167. The van der Waals surface area contributed by atoms with E-state index in [4.69, 9.17) is 5.26 Å². The molecule has 0 saturated heterocycles. The number of benzene rings is 2. The summed E-state index contributed by atoms with van der Waals surface area (Å²) in [4.78, 5) is 24.0. The van der Waals surface area contributed by atoms with Gasteiger partial charge in [-0.15, -0.1) is 0 Å². The van der Waals surface area contributed by atoms with Gasteiger partial charge in [0.15, 0.2) is 0 Å². The summed E-state index contributed by atoms with van der Waals surface area (Å²) in [5, 5.41) is 8.83. The molecule has 2 aromatic carbocycles. The van der Waals surface area contributed by atoms with Gasteiger partial charge >= 0.3 is 0 Å². The Kier molecular flexibility index (Phi) is 6.28. The van der Waals surface area contributed by atoms with E-state index < -0.39 is 28.4 Å². The lowest BCUT2D eigenvalue weighted by atomic mass is 10.1. The summed E-state index contributed by atoms with van der Waals surface area (Å²) in [5.74, 6) is -1.33. The van der Waals surface area contributed by atoms with Crippen LogP contribution in [0, 0.1) is 18.3 Å². The van der Waals surface area contributed by atoms with Crippen LogP contribution in [0.4, 0.5) is 0 Å². The highest BCUT2D eigenvalue weighted by Crippen LogP contribution is 2.14. The Morgan fingerprint density at radius 2 is 1.78 bits per heavy atom. The number of nitrogens with one attached hydrogen (secondary N) is 2. The van der Waals surface area contributed by atoms with Crippen LogP contribution in [0.5, 0.6) is 0 Å². The third kappa shape index (κ3) is 5.13. The van der Waals surface area contributed by atoms with Crippen molar-refractivity contribution in [2.45, 2.75) is 11.8 Å². The first-order valence-corrected chi connectivity index (χ1v) is 9.30. The average molecular weight is 386 g/mol. The lowest BCUT2D eigenvalue weighted by molar-refractivity contribution is -0.121. The van der Waals surface area contributed by atoms with Gasteiger partial charge in [0.1, 0.15) is 0 Å². The Labute approximate surface area is 157 Å². The smallest absolute Gasteiger partial charge is 0.269 e. The number of nitriles is 1. The third-order valence-electron chi connectivity index (χ3n) is 3.66. The summed E-state index contributed by atoms with van der Waals surface area (Å²) in [7, 11) is -2.56. The predicted octanol–water partition coefficient (Wildman–Crippen LogP) is 0.948. The van der Waals surface area contributed by atoms with Crippen LogP contribution in [0.1, 0.15) is 21.5 Å². The molecule has 0 radical (unpaired) electrons. The van der Waals surface area contributed by atoms with E-state index in [1.807, 2.05) is 13.0 Å². The van der Waals surface area contributed by atoms with Gasteiger partial charge in [-0.1, -0.05) is 23.8 Å². The first-order valence-electron chi connectivity index (χ1n) is 7.86. The quantitative estimate of drug-likeness (QED) is 0.742. The number of nitrogens with zero attached hydrogens (tertiary/aromatic N) is 2. The van der Waals surface area contributed by atoms with Crippen LogP contribution < -0.4 is 10.9 Å². The lowest BCUT2D eigenvalue weighted by Crippen LogP contribution is -2.46. The molecule has 0 unspecified atom stereocenters. The number of hydrazine groups is 1. The number of carbonyl (C=O) groups excluding carboxylic acids is 2. The van der Waals surface area contributed by atoms with Crippen molar-refractivity contribution in [2.24, 2.45) is 0 Å². The molecule has 2 amide bonds. The van der Waals surface area contributed by atoms with Crippen molar-refractivity contribution in [3.05, 3.63) is 65.2 Å². The van der Waals surface area contributed by atoms with Crippen LogP contribution in [0.2, 0.25) is 0 Å². The molecule has 0 aliphatic rings. The number of amides is 2. The van der Waals surface area contributed by atoms with Crippen LogP contribution in [-0.2, 0) is 14.8 Å². The number of aryl methyl sites for hydroxylation is 1. The van der Waals surface area contributed by atoms with E-state index >= 15 is 0 Å². The Bertz CT molecular complexity index is 995. The summed E-state index contributed by atoms with van der Waals surface area (Å²) in [6, 6.07) is 14.1. The normalized spacial score (nSPS) is 10.9. The number of hydrogen-bond acceptors (Lipinski definition) is 5. The summed E-state index contributed by atoms with van der Waals surface area (Å²) in [5.41, 5.74) is 5.75. The number of likely N-dealkylation sites (N-methyl/N-ethyl adjacent to an activating group) is 1. The van der Waals surface area contributed by atoms with E-state index in [9.17, 15) is 18.0 Å². The molecule has 0 bridgehead atoms. The Hall–Kier alpha value is -3.22. The molecule has 140 valence electrons. The van der Waals surface area contributed by atoms with Gasteiger partial charge in [-0.05, 0) is 37.3 Å². The topological polar surface area (TPSA) is 119 Å². The van der Waals surface area contributed by atoms with Crippen molar-refractivity contribution in [1.82, 2.24) is 15.2 Å². The lowest BCUT2D eigenvalue weighted by Gasteiger charge is -2.17. The first kappa shape index (κ1) is 20.1. The van der Waals surface area contributed by atoms with Gasteiger partial charge in [0.25, 0.3) is 11.8 Å². The number of sulfonamides is 1. The largest absolute Gasteiger partial charge is 0.272 e. The molecular weight excluding hydrogens is 368 g/mol. The van der Waals surface area contributed by atoms with E-state index in [2.05, 4.69) is 10.9 Å². The molecule has 27 heavy (non-hydrogen) atoms. The number of rotatable bonds is 5. The molecule has 0 heterocycles. The molecule has 8 nitrogen and oxygen atoms in total. The fourth-order valence-electron chi connectivity index (χ4n) is 2.15. The van der Waals surface area contributed by atoms with Crippen LogP contribution >= 0.6 is 0 Å². The molecule has 0 spiro atoms. The van der Waals surface area contributed by atoms with Crippen molar-refractivity contribution in [1.29, 1.82) is 5.26 Å².